The Morgan fingerprint density at radius 3 is 2.10 bits per heavy atom. The minimum atomic E-state index is -0.441. The number of hydrazine groups is 1. The molecule has 30 heavy (non-hydrogen) atoms. The highest BCUT2D eigenvalue weighted by molar-refractivity contribution is 5.95. The van der Waals surface area contributed by atoms with Crippen LogP contribution in [0, 0.1) is 0 Å². The third kappa shape index (κ3) is 8.15. The maximum absolute atomic E-state index is 12.2. The first-order valence-corrected chi connectivity index (χ1v) is 10.5. The minimum Gasteiger partial charge on any atom is -0.494 e. The molecule has 0 aliphatic heterocycles. The molecule has 6 heteroatoms. The van der Waals surface area contributed by atoms with E-state index in [-0.39, 0.29) is 6.61 Å². The zero-order valence-electron chi connectivity index (χ0n) is 18.1. The highest BCUT2D eigenvalue weighted by Gasteiger charge is 2.09. The van der Waals surface area contributed by atoms with Gasteiger partial charge in [-0.2, -0.15) is 0 Å². The largest absolute Gasteiger partial charge is 0.494 e. The van der Waals surface area contributed by atoms with Gasteiger partial charge in [0.1, 0.15) is 11.5 Å². The second kappa shape index (κ2) is 12.5. The van der Waals surface area contributed by atoms with Crippen molar-refractivity contribution in [1.82, 2.24) is 10.9 Å². The molecule has 0 saturated heterocycles. The lowest BCUT2D eigenvalue weighted by atomic mass is 10.0. The SMILES string of the molecule is CCCCCCOc1ccc(C(=O)NNC(=O)COc2ccc(C(C)C)cc2)cc1. The zero-order chi connectivity index (χ0) is 21.8. The average molecular weight is 413 g/mol. The smallest absolute Gasteiger partial charge is 0.276 e. The van der Waals surface area contributed by atoms with E-state index in [0.717, 1.165) is 18.6 Å². The first kappa shape index (κ1) is 23.3. The number of unbranched alkanes of at least 4 members (excludes halogenated alkanes) is 3. The van der Waals surface area contributed by atoms with Crippen molar-refractivity contribution < 1.29 is 19.1 Å². The van der Waals surface area contributed by atoms with Gasteiger partial charge < -0.3 is 9.47 Å². The van der Waals surface area contributed by atoms with Crippen molar-refractivity contribution >= 4 is 11.8 Å². The predicted octanol–water partition coefficient (Wildman–Crippen LogP) is 4.61. The van der Waals surface area contributed by atoms with E-state index in [2.05, 4.69) is 31.6 Å². The van der Waals surface area contributed by atoms with Gasteiger partial charge in [0.25, 0.3) is 11.8 Å². The van der Waals surface area contributed by atoms with Crippen molar-refractivity contribution in [2.24, 2.45) is 0 Å². The van der Waals surface area contributed by atoms with Gasteiger partial charge in [-0.3, -0.25) is 20.4 Å². The molecule has 2 amide bonds. The number of nitrogens with one attached hydrogen (secondary N) is 2. The molecule has 0 aromatic heterocycles. The number of rotatable bonds is 11. The lowest BCUT2D eigenvalue weighted by Gasteiger charge is -2.10. The summed E-state index contributed by atoms with van der Waals surface area (Å²) < 4.78 is 11.1. The van der Waals surface area contributed by atoms with Crippen molar-refractivity contribution in [1.29, 1.82) is 0 Å². The second-order valence-electron chi connectivity index (χ2n) is 7.45. The molecule has 0 atom stereocenters. The van der Waals surface area contributed by atoms with Crippen LogP contribution in [0.25, 0.3) is 0 Å². The number of benzene rings is 2. The molecule has 162 valence electrons. The summed E-state index contributed by atoms with van der Waals surface area (Å²) >= 11 is 0. The minimum absolute atomic E-state index is 0.188. The predicted molar refractivity (Wildman–Crippen MR) is 118 cm³/mol. The summed E-state index contributed by atoms with van der Waals surface area (Å²) in [7, 11) is 0. The molecular formula is C24H32N2O4. The lowest BCUT2D eigenvalue weighted by molar-refractivity contribution is -0.123. The number of amides is 2. The normalized spacial score (nSPS) is 10.5. The number of carbonyl (C=O) groups excluding carboxylic acids is 2. The van der Waals surface area contributed by atoms with Crippen molar-refractivity contribution in [3.8, 4) is 11.5 Å². The molecule has 2 rings (SSSR count). The van der Waals surface area contributed by atoms with Crippen molar-refractivity contribution in [3.05, 3.63) is 59.7 Å². The van der Waals surface area contributed by atoms with Crippen molar-refractivity contribution in [2.75, 3.05) is 13.2 Å². The van der Waals surface area contributed by atoms with Gasteiger partial charge in [-0.25, -0.2) is 0 Å². The molecule has 0 fully saturated rings. The molecule has 2 aromatic rings. The fourth-order valence-corrected chi connectivity index (χ4v) is 2.75. The molecule has 0 radical (unpaired) electrons. The van der Waals surface area contributed by atoms with E-state index < -0.39 is 11.8 Å². The molecule has 2 N–H and O–H groups in total. The quantitative estimate of drug-likeness (QED) is 0.417. The highest BCUT2D eigenvalue weighted by atomic mass is 16.5. The third-order valence-electron chi connectivity index (χ3n) is 4.62. The van der Waals surface area contributed by atoms with E-state index in [1.807, 2.05) is 24.3 Å². The number of ether oxygens (including phenoxy) is 2. The standard InChI is InChI=1S/C24H32N2O4/c1-4-5-6-7-16-29-21-14-10-20(11-15-21)24(28)26-25-23(27)17-30-22-12-8-19(9-13-22)18(2)3/h8-15,18H,4-7,16-17H2,1-3H3,(H,25,27)(H,26,28). The zero-order valence-corrected chi connectivity index (χ0v) is 18.1. The second-order valence-corrected chi connectivity index (χ2v) is 7.45. The Kier molecular flexibility index (Phi) is 9.71. The molecule has 0 aliphatic carbocycles. The van der Waals surface area contributed by atoms with Gasteiger partial charge in [0.15, 0.2) is 6.61 Å². The van der Waals surface area contributed by atoms with Gasteiger partial charge in [-0.15, -0.1) is 0 Å². The first-order chi connectivity index (χ1) is 14.5. The number of hydrogen-bond acceptors (Lipinski definition) is 4. The van der Waals surface area contributed by atoms with E-state index in [1.54, 1.807) is 24.3 Å². The van der Waals surface area contributed by atoms with Crippen LogP contribution in [0.2, 0.25) is 0 Å². The average Bonchev–Trinajstić information content (AvgIpc) is 2.76. The number of hydrogen-bond donors (Lipinski definition) is 2. The van der Waals surface area contributed by atoms with Crippen LogP contribution in [0.4, 0.5) is 0 Å². The lowest BCUT2D eigenvalue weighted by Crippen LogP contribution is -2.43. The van der Waals surface area contributed by atoms with Gasteiger partial charge in [0.2, 0.25) is 0 Å². The fourth-order valence-electron chi connectivity index (χ4n) is 2.75. The van der Waals surface area contributed by atoms with Crippen molar-refractivity contribution in [3.63, 3.8) is 0 Å². The summed E-state index contributed by atoms with van der Waals surface area (Å²) in [6.07, 6.45) is 4.58. The van der Waals surface area contributed by atoms with Gasteiger partial charge >= 0.3 is 0 Å². The van der Waals surface area contributed by atoms with E-state index in [1.165, 1.54) is 18.4 Å². The molecule has 0 bridgehead atoms. The van der Waals surface area contributed by atoms with Crippen LogP contribution in [0.5, 0.6) is 11.5 Å². The topological polar surface area (TPSA) is 76.7 Å². The Hall–Kier alpha value is -3.02. The molecule has 0 saturated carbocycles. The van der Waals surface area contributed by atoms with E-state index in [0.29, 0.717) is 23.8 Å². The molecule has 0 unspecified atom stereocenters. The molecule has 0 spiro atoms. The van der Waals surface area contributed by atoms with Gasteiger partial charge in [-0.05, 0) is 54.3 Å². The summed E-state index contributed by atoms with van der Waals surface area (Å²) in [5.41, 5.74) is 6.37. The summed E-state index contributed by atoms with van der Waals surface area (Å²) in [6, 6.07) is 14.4. The van der Waals surface area contributed by atoms with Crippen LogP contribution in [0.3, 0.4) is 0 Å². The summed E-state index contributed by atoms with van der Waals surface area (Å²) in [5.74, 6) is 0.918. The molecule has 6 nitrogen and oxygen atoms in total. The maximum Gasteiger partial charge on any atom is 0.276 e. The summed E-state index contributed by atoms with van der Waals surface area (Å²) in [4.78, 5) is 24.1. The monoisotopic (exact) mass is 412 g/mol. The Morgan fingerprint density at radius 1 is 0.833 bits per heavy atom. The van der Waals surface area contributed by atoms with Gasteiger partial charge in [0.05, 0.1) is 6.61 Å². The van der Waals surface area contributed by atoms with Gasteiger partial charge in [0, 0.05) is 5.56 Å². The summed E-state index contributed by atoms with van der Waals surface area (Å²) in [5, 5.41) is 0. The first-order valence-electron chi connectivity index (χ1n) is 10.5. The van der Waals surface area contributed by atoms with E-state index >= 15 is 0 Å². The molecule has 2 aromatic carbocycles. The molecular weight excluding hydrogens is 380 g/mol. The van der Waals surface area contributed by atoms with Gasteiger partial charge in [-0.1, -0.05) is 52.2 Å². The van der Waals surface area contributed by atoms with Crippen LogP contribution in [-0.4, -0.2) is 25.0 Å². The highest BCUT2D eigenvalue weighted by Crippen LogP contribution is 2.18. The molecule has 0 heterocycles. The van der Waals surface area contributed by atoms with E-state index in [4.69, 9.17) is 9.47 Å². The van der Waals surface area contributed by atoms with Crippen LogP contribution in [-0.2, 0) is 4.79 Å². The third-order valence-corrected chi connectivity index (χ3v) is 4.62. The van der Waals surface area contributed by atoms with E-state index in [9.17, 15) is 9.59 Å². The Balaban J connectivity index is 1.69. The fraction of sp³-hybridized carbons (Fsp3) is 0.417. The number of carbonyl (C=O) groups is 2. The Morgan fingerprint density at radius 2 is 1.47 bits per heavy atom. The van der Waals surface area contributed by atoms with Crippen LogP contribution >= 0.6 is 0 Å². The Labute approximate surface area is 178 Å². The van der Waals surface area contributed by atoms with Crippen LogP contribution in [0.1, 0.15) is 68.3 Å². The van der Waals surface area contributed by atoms with Crippen molar-refractivity contribution in [2.45, 2.75) is 52.4 Å². The Bertz CT molecular complexity index is 786. The summed E-state index contributed by atoms with van der Waals surface area (Å²) in [6.45, 7) is 6.88. The molecule has 0 aliphatic rings. The van der Waals surface area contributed by atoms with Crippen LogP contribution < -0.4 is 20.3 Å². The van der Waals surface area contributed by atoms with Crippen LogP contribution in [0.15, 0.2) is 48.5 Å². The maximum atomic E-state index is 12.2.